The van der Waals surface area contributed by atoms with Gasteiger partial charge in [-0.25, -0.2) is 4.98 Å². The van der Waals surface area contributed by atoms with Crippen molar-refractivity contribution in [1.29, 1.82) is 0 Å². The lowest BCUT2D eigenvalue weighted by molar-refractivity contribution is -0.267. The lowest BCUT2D eigenvalue weighted by Gasteiger charge is -2.36. The van der Waals surface area contributed by atoms with E-state index in [0.29, 0.717) is 26.9 Å². The van der Waals surface area contributed by atoms with Crippen molar-refractivity contribution in [3.8, 4) is 11.3 Å². The number of aliphatic hydroxyl groups is 1. The summed E-state index contributed by atoms with van der Waals surface area (Å²) in [4.78, 5) is 4.32. The number of benzene rings is 2. The molecule has 0 saturated heterocycles. The second kappa shape index (κ2) is 6.29. The smallest absolute Gasteiger partial charge is 0.362 e. The molecule has 0 spiro atoms. The van der Waals surface area contributed by atoms with Crippen molar-refractivity contribution in [2.75, 3.05) is 5.01 Å². The molecule has 2 aromatic carbocycles. The van der Waals surface area contributed by atoms with E-state index in [9.17, 15) is 18.3 Å². The molecule has 1 aromatic heterocycles. The average Bonchev–Trinajstić information content (AvgIpc) is 3.36. The van der Waals surface area contributed by atoms with Crippen LogP contribution in [0.15, 0.2) is 59.0 Å². The molecule has 1 aliphatic heterocycles. The van der Waals surface area contributed by atoms with Gasteiger partial charge in [-0.05, 0) is 24.1 Å². The molecule has 0 bridgehead atoms. The number of thiazole rings is 1. The van der Waals surface area contributed by atoms with Crippen molar-refractivity contribution in [2.45, 2.75) is 18.3 Å². The molecule has 0 fully saturated rings. The summed E-state index contributed by atoms with van der Waals surface area (Å²) in [6.07, 6.45) is -4.85. The van der Waals surface area contributed by atoms with Crippen LogP contribution < -0.4 is 5.01 Å². The first-order valence-corrected chi connectivity index (χ1v) is 10.0. The number of hydrogen-bond donors (Lipinski definition) is 1. The molecule has 0 radical (unpaired) electrons. The summed E-state index contributed by atoms with van der Waals surface area (Å²) < 4.78 is 42.3. The van der Waals surface area contributed by atoms with E-state index in [0.717, 1.165) is 16.9 Å². The van der Waals surface area contributed by atoms with Gasteiger partial charge in [-0.2, -0.15) is 23.3 Å². The van der Waals surface area contributed by atoms with Gasteiger partial charge in [0.2, 0.25) is 5.13 Å². The van der Waals surface area contributed by atoms with E-state index < -0.39 is 17.8 Å². The molecule has 148 valence electrons. The zero-order valence-corrected chi connectivity index (χ0v) is 16.3. The van der Waals surface area contributed by atoms with Crippen LogP contribution in [-0.2, 0) is 6.42 Å². The normalized spacial score (nSPS) is 23.1. The third-order valence-corrected chi connectivity index (χ3v) is 6.36. The second-order valence-electron chi connectivity index (χ2n) is 6.96. The van der Waals surface area contributed by atoms with Crippen LogP contribution in [0.4, 0.5) is 18.3 Å². The molecule has 2 heterocycles. The molecule has 3 aromatic rings. The molecule has 1 N–H and O–H groups in total. The first-order valence-electron chi connectivity index (χ1n) is 8.76. The Bertz CT molecular complexity index is 1130. The number of halogens is 4. The van der Waals surface area contributed by atoms with Crippen LogP contribution in [0.25, 0.3) is 11.3 Å². The van der Waals surface area contributed by atoms with E-state index in [1.807, 2.05) is 0 Å². The number of alkyl halides is 3. The van der Waals surface area contributed by atoms with E-state index in [1.165, 1.54) is 0 Å². The van der Waals surface area contributed by atoms with Gasteiger partial charge in [-0.1, -0.05) is 48.0 Å². The Balaban J connectivity index is 1.60. The van der Waals surface area contributed by atoms with Crippen LogP contribution in [-0.4, -0.2) is 27.7 Å². The number of hydrogen-bond acceptors (Lipinski definition) is 5. The first kappa shape index (κ1) is 18.6. The van der Waals surface area contributed by atoms with Crippen LogP contribution in [0.3, 0.4) is 0 Å². The fourth-order valence-electron chi connectivity index (χ4n) is 3.86. The highest BCUT2D eigenvalue weighted by Crippen LogP contribution is 2.51. The maximum absolute atomic E-state index is 14.1. The fourth-order valence-corrected chi connectivity index (χ4v) is 4.82. The molecular formula is C20H13ClF3N3OS. The van der Waals surface area contributed by atoms with Gasteiger partial charge in [0.15, 0.2) is 0 Å². The number of aromatic nitrogens is 1. The van der Waals surface area contributed by atoms with Crippen LogP contribution in [0.1, 0.15) is 11.1 Å². The third kappa shape index (κ3) is 2.70. The monoisotopic (exact) mass is 435 g/mol. The molecule has 2 aliphatic rings. The van der Waals surface area contributed by atoms with Gasteiger partial charge in [0.25, 0.3) is 5.72 Å². The number of rotatable bonds is 2. The van der Waals surface area contributed by atoms with E-state index >= 15 is 0 Å². The first-order chi connectivity index (χ1) is 13.8. The Morgan fingerprint density at radius 3 is 2.59 bits per heavy atom. The summed E-state index contributed by atoms with van der Waals surface area (Å²) in [7, 11) is 0. The Labute approximate surface area is 172 Å². The number of anilines is 1. The van der Waals surface area contributed by atoms with Gasteiger partial charge in [-0.15, -0.1) is 11.3 Å². The molecule has 2 atom stereocenters. The molecule has 4 nitrogen and oxygen atoms in total. The summed E-state index contributed by atoms with van der Waals surface area (Å²) in [6.45, 7) is 0. The van der Waals surface area contributed by atoms with Crippen LogP contribution in [0, 0.1) is 5.92 Å². The molecular weight excluding hydrogens is 423 g/mol. The molecule has 9 heteroatoms. The number of nitrogens with zero attached hydrogens (tertiary/aromatic N) is 3. The summed E-state index contributed by atoms with van der Waals surface area (Å²) in [5.74, 6) is -1.21. The summed E-state index contributed by atoms with van der Waals surface area (Å²) in [5.41, 5.74) is -0.328. The predicted molar refractivity (Wildman–Crippen MR) is 106 cm³/mol. The molecule has 5 rings (SSSR count). The number of hydrazone groups is 1. The van der Waals surface area contributed by atoms with Crippen LogP contribution in [0.5, 0.6) is 0 Å². The fraction of sp³-hybridized carbons (Fsp3) is 0.200. The SMILES string of the molecule is O[C@@]1(C(F)(F)F)[C@H]2Cc3ccccc3C2=NN1c1nc(-c2ccc(Cl)cc2)cs1. The minimum absolute atomic E-state index is 0.0193. The van der Waals surface area contributed by atoms with Gasteiger partial charge in [0.1, 0.15) is 0 Å². The minimum Gasteiger partial charge on any atom is -0.362 e. The minimum atomic E-state index is -4.92. The van der Waals surface area contributed by atoms with Crippen LogP contribution in [0.2, 0.25) is 5.02 Å². The van der Waals surface area contributed by atoms with Gasteiger partial charge in [0, 0.05) is 21.5 Å². The molecule has 1 aliphatic carbocycles. The Hall–Kier alpha value is -2.42. The molecule has 0 amide bonds. The highest BCUT2D eigenvalue weighted by molar-refractivity contribution is 7.14. The topological polar surface area (TPSA) is 48.7 Å². The van der Waals surface area contributed by atoms with Gasteiger partial charge < -0.3 is 5.11 Å². The van der Waals surface area contributed by atoms with Crippen LogP contribution >= 0.6 is 22.9 Å². The molecule has 0 unspecified atom stereocenters. The lowest BCUT2D eigenvalue weighted by atomic mass is 9.91. The van der Waals surface area contributed by atoms with Crippen molar-refractivity contribution in [2.24, 2.45) is 11.0 Å². The lowest BCUT2D eigenvalue weighted by Crippen LogP contribution is -2.60. The Morgan fingerprint density at radius 2 is 1.86 bits per heavy atom. The van der Waals surface area contributed by atoms with E-state index in [4.69, 9.17) is 11.6 Å². The van der Waals surface area contributed by atoms with Crippen molar-refractivity contribution in [3.63, 3.8) is 0 Å². The summed E-state index contributed by atoms with van der Waals surface area (Å²) >= 11 is 6.89. The molecule has 29 heavy (non-hydrogen) atoms. The van der Waals surface area contributed by atoms with Gasteiger partial charge >= 0.3 is 6.18 Å². The Morgan fingerprint density at radius 1 is 1.14 bits per heavy atom. The Kier molecular flexibility index (Phi) is 4.03. The van der Waals surface area contributed by atoms with Gasteiger partial charge in [-0.3, -0.25) is 0 Å². The average molecular weight is 436 g/mol. The maximum atomic E-state index is 14.1. The molecule has 0 saturated carbocycles. The van der Waals surface area contributed by atoms with Crippen molar-refractivity contribution in [3.05, 3.63) is 70.1 Å². The quantitative estimate of drug-likeness (QED) is 0.608. The van der Waals surface area contributed by atoms with E-state index in [2.05, 4.69) is 10.1 Å². The highest BCUT2D eigenvalue weighted by Gasteiger charge is 2.69. The van der Waals surface area contributed by atoms with Gasteiger partial charge in [0.05, 0.1) is 17.3 Å². The largest absolute Gasteiger partial charge is 0.439 e. The third-order valence-electron chi connectivity index (χ3n) is 5.29. The predicted octanol–water partition coefficient (Wildman–Crippen LogP) is 5.11. The van der Waals surface area contributed by atoms with Crippen molar-refractivity contribution < 1.29 is 18.3 Å². The summed E-state index contributed by atoms with van der Waals surface area (Å²) in [5, 5.41) is 17.9. The zero-order chi connectivity index (χ0) is 20.4. The summed E-state index contributed by atoms with van der Waals surface area (Å²) in [6, 6.07) is 13.8. The second-order valence-corrected chi connectivity index (χ2v) is 8.23. The zero-order valence-electron chi connectivity index (χ0n) is 14.7. The van der Waals surface area contributed by atoms with E-state index in [1.54, 1.807) is 53.9 Å². The number of fused-ring (bicyclic) bond motifs is 3. The highest BCUT2D eigenvalue weighted by atomic mass is 35.5. The standard InChI is InChI=1S/C20H13ClF3N3OS/c21-13-7-5-11(6-8-13)16-10-29-18(25-16)27-19(28,20(22,23)24)15-9-12-3-1-2-4-14(12)17(15)26-27/h1-8,10,15,28H,9H2/t15-,19+/m0/s1. The van der Waals surface area contributed by atoms with E-state index in [-0.39, 0.29) is 17.3 Å². The maximum Gasteiger partial charge on any atom is 0.439 e. The van der Waals surface area contributed by atoms with Crippen molar-refractivity contribution >= 4 is 33.8 Å². The van der Waals surface area contributed by atoms with Crippen molar-refractivity contribution in [1.82, 2.24) is 4.98 Å².